The molecule has 0 aliphatic carbocycles. The molecule has 0 radical (unpaired) electrons. The smallest absolute Gasteiger partial charge is 0.331 e. The Hall–Kier alpha value is -1.87. The quantitative estimate of drug-likeness (QED) is 0.186. The van der Waals surface area contributed by atoms with E-state index >= 15 is 0 Å². The first kappa shape index (κ1) is 22.4. The fraction of sp³-hybridized carbons (Fsp3) is 0.500. The van der Waals surface area contributed by atoms with Crippen molar-refractivity contribution >= 4 is 41.1 Å². The van der Waals surface area contributed by atoms with Gasteiger partial charge in [0, 0.05) is 23.1 Å². The molecular weight excluding hydrogens is 405 g/mol. The van der Waals surface area contributed by atoms with Crippen LogP contribution in [0.15, 0.2) is 23.2 Å². The van der Waals surface area contributed by atoms with Crippen molar-refractivity contribution in [2.24, 2.45) is 22.2 Å². The number of rotatable bonds is 8. The van der Waals surface area contributed by atoms with Crippen LogP contribution in [0.3, 0.4) is 0 Å². The van der Waals surface area contributed by atoms with Crippen molar-refractivity contribution in [3.8, 4) is 0 Å². The summed E-state index contributed by atoms with van der Waals surface area (Å²) in [6.45, 7) is 1.55. The summed E-state index contributed by atoms with van der Waals surface area (Å²) >= 11 is 12.1. The Morgan fingerprint density at radius 2 is 1.93 bits per heavy atom. The second-order valence-electron chi connectivity index (χ2n) is 6.70. The minimum Gasteiger partial charge on any atom is -0.391 e. The molecule has 1 aromatic carbocycles. The van der Waals surface area contributed by atoms with Gasteiger partial charge in [0.25, 0.3) is 0 Å². The van der Waals surface area contributed by atoms with Gasteiger partial charge >= 0.3 is 11.9 Å². The minimum absolute atomic E-state index is 0.0198. The van der Waals surface area contributed by atoms with Crippen molar-refractivity contribution in [3.63, 3.8) is 0 Å². The molecule has 28 heavy (non-hydrogen) atoms. The lowest BCUT2D eigenvalue weighted by atomic mass is 10.1. The van der Waals surface area contributed by atoms with Gasteiger partial charge in [-0.3, -0.25) is 9.89 Å². The molecule has 0 aromatic heterocycles. The van der Waals surface area contributed by atoms with Crippen LogP contribution in [0.25, 0.3) is 0 Å². The van der Waals surface area contributed by atoms with Gasteiger partial charge in [0.1, 0.15) is 12.1 Å². The van der Waals surface area contributed by atoms with Gasteiger partial charge in [0.05, 0.1) is 0 Å². The first-order chi connectivity index (χ1) is 13.3. The van der Waals surface area contributed by atoms with Crippen LogP contribution in [0.2, 0.25) is 10.0 Å². The molecule has 1 aliphatic heterocycles. The topological polar surface area (TPSA) is 137 Å². The number of likely N-dealkylation sites (tertiary alicyclic amines) is 1. The van der Waals surface area contributed by atoms with Crippen molar-refractivity contribution in [3.05, 3.63) is 33.8 Å². The summed E-state index contributed by atoms with van der Waals surface area (Å²) < 4.78 is 5.01. The fourth-order valence-corrected chi connectivity index (χ4v) is 3.67. The van der Waals surface area contributed by atoms with Crippen molar-refractivity contribution in [2.45, 2.75) is 44.3 Å². The molecule has 0 saturated carbocycles. The Labute approximate surface area is 174 Å². The van der Waals surface area contributed by atoms with Gasteiger partial charge in [-0.15, -0.1) is 0 Å². The zero-order valence-corrected chi connectivity index (χ0v) is 17.0. The highest BCUT2D eigenvalue weighted by Crippen LogP contribution is 2.25. The van der Waals surface area contributed by atoms with Gasteiger partial charge in [-0.05, 0) is 56.0 Å². The first-order valence-corrected chi connectivity index (χ1v) is 9.77. The molecule has 1 aliphatic rings. The summed E-state index contributed by atoms with van der Waals surface area (Å²) in [4.78, 5) is 30.3. The number of hydrogen-bond acceptors (Lipinski definition) is 6. The zero-order valence-electron chi connectivity index (χ0n) is 15.4. The molecule has 10 heteroatoms. The van der Waals surface area contributed by atoms with Crippen LogP contribution in [0.5, 0.6) is 0 Å². The number of carbonyl (C=O) groups excluding carboxylic acids is 2. The highest BCUT2D eigenvalue weighted by Gasteiger charge is 2.34. The third-order valence-corrected chi connectivity index (χ3v) is 4.85. The van der Waals surface area contributed by atoms with E-state index in [1.54, 1.807) is 18.2 Å². The summed E-state index contributed by atoms with van der Waals surface area (Å²) in [6.07, 6.45) is 2.26. The molecule has 0 spiro atoms. The molecule has 2 rings (SSSR count). The maximum Gasteiger partial charge on any atom is 0.331 e. The highest BCUT2D eigenvalue weighted by atomic mass is 35.5. The largest absolute Gasteiger partial charge is 0.391 e. The molecule has 0 bridgehead atoms. The van der Waals surface area contributed by atoms with Crippen LogP contribution in [0.1, 0.15) is 31.2 Å². The third-order valence-electron chi connectivity index (χ3n) is 4.42. The summed E-state index contributed by atoms with van der Waals surface area (Å²) in [5, 5.41) is 1.06. The Morgan fingerprint density at radius 3 is 2.57 bits per heavy atom. The molecule has 1 saturated heterocycles. The van der Waals surface area contributed by atoms with Gasteiger partial charge in [0.15, 0.2) is 5.96 Å². The predicted octanol–water partition coefficient (Wildman–Crippen LogP) is 1.41. The molecule has 1 heterocycles. The van der Waals surface area contributed by atoms with Crippen molar-refractivity contribution in [1.82, 2.24) is 4.90 Å². The molecule has 1 fully saturated rings. The van der Waals surface area contributed by atoms with Gasteiger partial charge in [-0.2, -0.15) is 0 Å². The van der Waals surface area contributed by atoms with Gasteiger partial charge in [-0.1, -0.05) is 23.2 Å². The van der Waals surface area contributed by atoms with Crippen LogP contribution in [0.4, 0.5) is 0 Å². The maximum atomic E-state index is 12.5. The number of guanidine groups is 1. The Balaban J connectivity index is 1.87. The van der Waals surface area contributed by atoms with Crippen molar-refractivity contribution in [2.75, 3.05) is 13.1 Å². The van der Waals surface area contributed by atoms with Crippen LogP contribution >= 0.6 is 23.2 Å². The lowest BCUT2D eigenvalue weighted by molar-refractivity contribution is -0.164. The number of ether oxygens (including phenoxy) is 1. The number of hydrogen-bond donors (Lipinski definition) is 3. The standard InChI is InChI=1S/C18H25Cl2N5O3/c19-12-7-11(8-13(20)9-12)10-25-6-2-4-15(25)17(27)28-16(26)14(21)3-1-5-24-18(22)23/h7-9,14-15H,1-6,10,21H2,(H4,22,23,24)/t14-,15+/m0/s1. The van der Waals surface area contributed by atoms with Crippen LogP contribution in [-0.4, -0.2) is 48.0 Å². The molecule has 2 atom stereocenters. The number of carbonyl (C=O) groups is 2. The van der Waals surface area contributed by atoms with Crippen LogP contribution < -0.4 is 17.2 Å². The zero-order chi connectivity index (χ0) is 20.7. The summed E-state index contributed by atoms with van der Waals surface area (Å²) in [5.74, 6) is -1.35. The van der Waals surface area contributed by atoms with E-state index < -0.39 is 24.0 Å². The Bertz CT molecular complexity index is 720. The normalized spacial score (nSPS) is 17.9. The molecule has 6 N–H and O–H groups in total. The number of nitrogens with two attached hydrogens (primary N) is 3. The highest BCUT2D eigenvalue weighted by molar-refractivity contribution is 6.34. The second kappa shape index (κ2) is 10.6. The predicted molar refractivity (Wildman–Crippen MR) is 109 cm³/mol. The molecular formula is C18H25Cl2N5O3. The lowest BCUT2D eigenvalue weighted by Gasteiger charge is -2.23. The van der Waals surface area contributed by atoms with Crippen molar-refractivity contribution < 1.29 is 14.3 Å². The summed E-state index contributed by atoms with van der Waals surface area (Å²) in [5.41, 5.74) is 17.1. The molecule has 0 unspecified atom stereocenters. The number of aliphatic imine (C=N–C) groups is 1. The minimum atomic E-state index is -0.903. The average Bonchev–Trinajstić information content (AvgIpc) is 3.05. The van der Waals surface area contributed by atoms with Crippen LogP contribution in [0, 0.1) is 0 Å². The molecule has 154 valence electrons. The van der Waals surface area contributed by atoms with E-state index in [0.29, 0.717) is 48.9 Å². The van der Waals surface area contributed by atoms with E-state index in [4.69, 9.17) is 45.1 Å². The Kier molecular flexibility index (Phi) is 8.50. The van der Waals surface area contributed by atoms with Crippen LogP contribution in [-0.2, 0) is 20.9 Å². The number of esters is 2. The summed E-state index contributed by atoms with van der Waals surface area (Å²) in [6, 6.07) is 3.84. The third kappa shape index (κ3) is 6.94. The number of nitrogens with zero attached hydrogens (tertiary/aromatic N) is 2. The molecule has 1 aromatic rings. The second-order valence-corrected chi connectivity index (χ2v) is 7.57. The molecule has 8 nitrogen and oxygen atoms in total. The van der Waals surface area contributed by atoms with E-state index in [9.17, 15) is 9.59 Å². The molecule has 0 amide bonds. The fourth-order valence-electron chi connectivity index (χ4n) is 3.10. The first-order valence-electron chi connectivity index (χ1n) is 9.02. The maximum absolute atomic E-state index is 12.5. The van der Waals surface area contributed by atoms with E-state index in [1.165, 1.54) is 0 Å². The SMILES string of the molecule is NC(N)=NCCC[C@H](N)C(=O)OC(=O)[C@H]1CCCN1Cc1cc(Cl)cc(Cl)c1. The van der Waals surface area contributed by atoms with Crippen molar-refractivity contribution in [1.29, 1.82) is 0 Å². The van der Waals surface area contributed by atoms with Gasteiger partial charge < -0.3 is 21.9 Å². The number of halogens is 2. The van der Waals surface area contributed by atoms with E-state index in [0.717, 1.165) is 12.0 Å². The number of benzene rings is 1. The van der Waals surface area contributed by atoms with Gasteiger partial charge in [0.2, 0.25) is 0 Å². The van der Waals surface area contributed by atoms with E-state index in [1.807, 2.05) is 4.90 Å². The lowest BCUT2D eigenvalue weighted by Crippen LogP contribution is -2.41. The van der Waals surface area contributed by atoms with E-state index in [-0.39, 0.29) is 5.96 Å². The van der Waals surface area contributed by atoms with E-state index in [2.05, 4.69) is 4.99 Å². The average molecular weight is 430 g/mol. The summed E-state index contributed by atoms with van der Waals surface area (Å²) in [7, 11) is 0. The Morgan fingerprint density at radius 1 is 1.25 bits per heavy atom. The monoisotopic (exact) mass is 429 g/mol. The van der Waals surface area contributed by atoms with Gasteiger partial charge in [-0.25, -0.2) is 9.59 Å².